The number of nitrogens with two attached hydrogens (primary N) is 1. The fourth-order valence-electron chi connectivity index (χ4n) is 1.21. The molecule has 0 amide bonds. The third-order valence-corrected chi connectivity index (χ3v) is 2.23. The van der Waals surface area contributed by atoms with E-state index in [-0.39, 0.29) is 0 Å². The molecule has 0 aliphatic rings. The van der Waals surface area contributed by atoms with E-state index < -0.39 is 0 Å². The van der Waals surface area contributed by atoms with Gasteiger partial charge in [0.1, 0.15) is 5.82 Å². The van der Waals surface area contributed by atoms with Crippen LogP contribution in [0.1, 0.15) is 0 Å². The van der Waals surface area contributed by atoms with Crippen LogP contribution in [0.15, 0.2) is 42.6 Å². The van der Waals surface area contributed by atoms with Crippen molar-refractivity contribution in [2.24, 2.45) is 0 Å². The number of nitrogen functional groups attached to an aromatic ring is 1. The summed E-state index contributed by atoms with van der Waals surface area (Å²) in [7, 11) is 0. The molecule has 0 saturated heterocycles. The van der Waals surface area contributed by atoms with Gasteiger partial charge in [-0.15, -0.1) is 0 Å². The Morgan fingerprint density at radius 2 is 2.07 bits per heavy atom. The van der Waals surface area contributed by atoms with Crippen molar-refractivity contribution in [3.63, 3.8) is 0 Å². The number of hydrogen-bond donors (Lipinski definition) is 2. The molecule has 1 aromatic carbocycles. The van der Waals surface area contributed by atoms with E-state index in [2.05, 4.69) is 10.3 Å². The van der Waals surface area contributed by atoms with Crippen molar-refractivity contribution in [1.29, 1.82) is 0 Å². The molecule has 2 aromatic rings. The summed E-state index contributed by atoms with van der Waals surface area (Å²) < 4.78 is 0. The summed E-state index contributed by atoms with van der Waals surface area (Å²) in [4.78, 5) is 4.14. The molecule has 0 saturated carbocycles. The Morgan fingerprint density at radius 1 is 1.20 bits per heavy atom. The summed E-state index contributed by atoms with van der Waals surface area (Å²) in [5.41, 5.74) is 7.03. The van der Waals surface area contributed by atoms with Crippen molar-refractivity contribution < 1.29 is 0 Å². The molecule has 0 unspecified atom stereocenters. The summed E-state index contributed by atoms with van der Waals surface area (Å²) >= 11 is 6.01. The van der Waals surface area contributed by atoms with Gasteiger partial charge in [-0.3, -0.25) is 0 Å². The van der Waals surface area contributed by atoms with E-state index in [1.807, 2.05) is 24.3 Å². The van der Waals surface area contributed by atoms with Crippen molar-refractivity contribution in [3.05, 3.63) is 47.6 Å². The molecule has 0 spiro atoms. The van der Waals surface area contributed by atoms with Gasteiger partial charge < -0.3 is 11.1 Å². The van der Waals surface area contributed by atoms with Gasteiger partial charge in [0.15, 0.2) is 0 Å². The summed E-state index contributed by atoms with van der Waals surface area (Å²) in [5.74, 6) is 0.754. The fraction of sp³-hybridized carbons (Fsp3) is 0. The van der Waals surface area contributed by atoms with Crippen molar-refractivity contribution in [2.75, 3.05) is 11.1 Å². The predicted octanol–water partition coefficient (Wildman–Crippen LogP) is 3.06. The third kappa shape index (κ3) is 2.39. The lowest BCUT2D eigenvalue weighted by Gasteiger charge is -2.07. The number of nitrogens with zero attached hydrogens (tertiary/aromatic N) is 1. The first-order chi connectivity index (χ1) is 7.25. The van der Waals surface area contributed by atoms with E-state index in [0.29, 0.717) is 10.7 Å². The number of halogens is 1. The predicted molar refractivity (Wildman–Crippen MR) is 63.4 cm³/mol. The summed E-state index contributed by atoms with van der Waals surface area (Å²) in [6.45, 7) is 0. The Bertz CT molecular complexity index is 457. The highest BCUT2D eigenvalue weighted by Crippen LogP contribution is 2.26. The SMILES string of the molecule is Nc1ccc(Nc2ccccn2)c(Cl)c1. The molecule has 4 heteroatoms. The lowest BCUT2D eigenvalue weighted by Crippen LogP contribution is -1.94. The van der Waals surface area contributed by atoms with Crippen LogP contribution in [0, 0.1) is 0 Å². The average Bonchev–Trinajstić information content (AvgIpc) is 2.24. The van der Waals surface area contributed by atoms with Gasteiger partial charge in [-0.2, -0.15) is 0 Å². The standard InChI is InChI=1S/C11H10ClN3/c12-9-7-8(13)4-5-10(9)15-11-3-1-2-6-14-11/h1-7H,13H2,(H,14,15). The zero-order valence-corrected chi connectivity index (χ0v) is 8.70. The lowest BCUT2D eigenvalue weighted by molar-refractivity contribution is 1.31. The maximum absolute atomic E-state index is 6.01. The van der Waals surface area contributed by atoms with Crippen LogP contribution < -0.4 is 11.1 Å². The topological polar surface area (TPSA) is 50.9 Å². The van der Waals surface area contributed by atoms with E-state index in [0.717, 1.165) is 11.5 Å². The molecule has 76 valence electrons. The molecule has 0 aliphatic heterocycles. The van der Waals surface area contributed by atoms with Crippen molar-refractivity contribution in [2.45, 2.75) is 0 Å². The van der Waals surface area contributed by atoms with Gasteiger partial charge in [0.2, 0.25) is 0 Å². The van der Waals surface area contributed by atoms with Crippen LogP contribution in [0.2, 0.25) is 5.02 Å². The Morgan fingerprint density at radius 3 is 2.73 bits per heavy atom. The average molecular weight is 220 g/mol. The lowest BCUT2D eigenvalue weighted by atomic mass is 10.3. The zero-order valence-electron chi connectivity index (χ0n) is 7.94. The highest BCUT2D eigenvalue weighted by molar-refractivity contribution is 6.33. The van der Waals surface area contributed by atoms with Gasteiger partial charge in [-0.05, 0) is 30.3 Å². The first kappa shape index (κ1) is 9.80. The first-order valence-electron chi connectivity index (χ1n) is 4.49. The molecule has 0 fully saturated rings. The first-order valence-corrected chi connectivity index (χ1v) is 4.86. The number of benzene rings is 1. The maximum Gasteiger partial charge on any atom is 0.130 e. The third-order valence-electron chi connectivity index (χ3n) is 1.92. The van der Waals surface area contributed by atoms with Crippen molar-refractivity contribution >= 4 is 28.8 Å². The maximum atomic E-state index is 6.01. The van der Waals surface area contributed by atoms with Crippen LogP contribution >= 0.6 is 11.6 Å². The molecule has 2 rings (SSSR count). The number of rotatable bonds is 2. The van der Waals surface area contributed by atoms with E-state index in [1.165, 1.54) is 0 Å². The molecule has 0 aliphatic carbocycles. The van der Waals surface area contributed by atoms with Gasteiger partial charge in [-0.25, -0.2) is 4.98 Å². The minimum atomic E-state index is 0.584. The highest BCUT2D eigenvalue weighted by atomic mass is 35.5. The van der Waals surface area contributed by atoms with Crippen LogP contribution in [0.4, 0.5) is 17.2 Å². The van der Waals surface area contributed by atoms with Gasteiger partial charge in [0.05, 0.1) is 10.7 Å². The molecule has 1 heterocycles. The van der Waals surface area contributed by atoms with Gasteiger partial charge in [-0.1, -0.05) is 17.7 Å². The number of pyridine rings is 1. The number of anilines is 3. The fourth-order valence-corrected chi connectivity index (χ4v) is 1.44. The van der Waals surface area contributed by atoms with Crippen LogP contribution in [0.5, 0.6) is 0 Å². The van der Waals surface area contributed by atoms with Crippen molar-refractivity contribution in [1.82, 2.24) is 4.98 Å². The quantitative estimate of drug-likeness (QED) is 0.764. The minimum absolute atomic E-state index is 0.584. The Hall–Kier alpha value is -1.74. The van der Waals surface area contributed by atoms with Crippen LogP contribution in [-0.2, 0) is 0 Å². The Kier molecular flexibility index (Phi) is 2.74. The second kappa shape index (κ2) is 4.19. The molecule has 1 aromatic heterocycles. The Labute approximate surface area is 92.9 Å². The number of aromatic nitrogens is 1. The monoisotopic (exact) mass is 219 g/mol. The van der Waals surface area contributed by atoms with Gasteiger partial charge >= 0.3 is 0 Å². The van der Waals surface area contributed by atoms with Crippen LogP contribution in [0.25, 0.3) is 0 Å². The molecule has 0 atom stereocenters. The smallest absolute Gasteiger partial charge is 0.130 e. The highest BCUT2D eigenvalue weighted by Gasteiger charge is 2.00. The summed E-state index contributed by atoms with van der Waals surface area (Å²) in [5, 5.41) is 3.68. The number of nitrogens with one attached hydrogen (secondary N) is 1. The molecular formula is C11H10ClN3. The van der Waals surface area contributed by atoms with Crippen LogP contribution in [0.3, 0.4) is 0 Å². The molecule has 0 bridgehead atoms. The normalized spacial score (nSPS) is 9.93. The second-order valence-electron chi connectivity index (χ2n) is 3.08. The molecule has 0 radical (unpaired) electrons. The van der Waals surface area contributed by atoms with Gasteiger partial charge in [0.25, 0.3) is 0 Å². The van der Waals surface area contributed by atoms with E-state index in [4.69, 9.17) is 17.3 Å². The molecular weight excluding hydrogens is 210 g/mol. The second-order valence-corrected chi connectivity index (χ2v) is 3.49. The molecule has 3 nitrogen and oxygen atoms in total. The van der Waals surface area contributed by atoms with E-state index in [9.17, 15) is 0 Å². The van der Waals surface area contributed by atoms with E-state index in [1.54, 1.807) is 18.3 Å². The number of hydrogen-bond acceptors (Lipinski definition) is 3. The summed E-state index contributed by atoms with van der Waals surface area (Å²) in [6, 6.07) is 10.9. The van der Waals surface area contributed by atoms with Crippen LogP contribution in [-0.4, -0.2) is 4.98 Å². The summed E-state index contributed by atoms with van der Waals surface area (Å²) in [6.07, 6.45) is 1.72. The molecule has 3 N–H and O–H groups in total. The Balaban J connectivity index is 2.25. The minimum Gasteiger partial charge on any atom is -0.399 e. The largest absolute Gasteiger partial charge is 0.399 e. The van der Waals surface area contributed by atoms with E-state index >= 15 is 0 Å². The zero-order chi connectivity index (χ0) is 10.7. The molecule has 15 heavy (non-hydrogen) atoms. The van der Waals surface area contributed by atoms with Gasteiger partial charge in [0, 0.05) is 11.9 Å². The van der Waals surface area contributed by atoms with Crippen molar-refractivity contribution in [3.8, 4) is 0 Å².